The van der Waals surface area contributed by atoms with E-state index in [1.807, 2.05) is 22.7 Å². The molecule has 0 atom stereocenters. The summed E-state index contributed by atoms with van der Waals surface area (Å²) in [5.74, 6) is 0. The van der Waals surface area contributed by atoms with Gasteiger partial charge < -0.3 is 0 Å². The van der Waals surface area contributed by atoms with Gasteiger partial charge in [-0.25, -0.2) is 0 Å². The summed E-state index contributed by atoms with van der Waals surface area (Å²) in [7, 11) is 0. The van der Waals surface area contributed by atoms with Crippen molar-refractivity contribution in [1.82, 2.24) is 0 Å². The first-order valence-corrected chi connectivity index (χ1v) is 18.1. The molecule has 0 unspecified atom stereocenters. The zero-order valence-corrected chi connectivity index (χ0v) is 27.5. The Kier molecular flexibility index (Phi) is 5.51. The minimum atomic E-state index is 1.26. The van der Waals surface area contributed by atoms with Crippen LogP contribution in [0.2, 0.25) is 0 Å². The van der Waals surface area contributed by atoms with Crippen molar-refractivity contribution in [3.63, 3.8) is 0 Å². The summed E-state index contributed by atoms with van der Waals surface area (Å²) in [4.78, 5) is 0. The smallest absolute Gasteiger partial charge is 0.0448 e. The first kappa shape index (κ1) is 26.5. The van der Waals surface area contributed by atoms with E-state index in [1.54, 1.807) is 0 Å². The first-order chi connectivity index (χ1) is 23.8. The zero-order valence-electron chi connectivity index (χ0n) is 25.8. The van der Waals surface area contributed by atoms with E-state index in [4.69, 9.17) is 0 Å². The monoisotopic (exact) mass is 642 g/mol. The normalized spacial score (nSPS) is 12.2. The molecule has 0 nitrogen and oxygen atoms in total. The van der Waals surface area contributed by atoms with Crippen LogP contribution >= 0.6 is 22.7 Å². The molecule has 0 saturated carbocycles. The SMILES string of the molecule is c1ccc2cc(-c3c4ccccc4c(-c4ccc5c(c4)sc4ccc6c(sc7ccc8ccccc8c76)c45)c4ccccc34)ccc2c1. The highest BCUT2D eigenvalue weighted by molar-refractivity contribution is 7.30. The van der Waals surface area contributed by atoms with Crippen molar-refractivity contribution in [3.05, 3.63) is 158 Å². The average molecular weight is 643 g/mol. The number of rotatable bonds is 2. The fourth-order valence-corrected chi connectivity index (χ4v) is 10.6. The Labute approximate surface area is 284 Å². The van der Waals surface area contributed by atoms with Gasteiger partial charge in [-0.15, -0.1) is 22.7 Å². The quantitative estimate of drug-likeness (QED) is 0.165. The third kappa shape index (κ3) is 3.70. The molecule has 222 valence electrons. The van der Waals surface area contributed by atoms with Crippen LogP contribution in [-0.4, -0.2) is 0 Å². The Morgan fingerprint density at radius 2 is 0.812 bits per heavy atom. The maximum Gasteiger partial charge on any atom is 0.0448 e. The van der Waals surface area contributed by atoms with Crippen molar-refractivity contribution in [2.75, 3.05) is 0 Å². The summed E-state index contributed by atoms with van der Waals surface area (Å²) in [5.41, 5.74) is 5.14. The Hall–Kier alpha value is -5.54. The second-order valence-corrected chi connectivity index (χ2v) is 14.9. The van der Waals surface area contributed by atoms with Gasteiger partial charge in [-0.05, 0) is 89.6 Å². The summed E-state index contributed by atoms with van der Waals surface area (Å²) >= 11 is 3.85. The maximum atomic E-state index is 2.44. The molecule has 0 aliphatic rings. The average Bonchev–Trinajstić information content (AvgIpc) is 3.71. The maximum absolute atomic E-state index is 2.44. The van der Waals surface area contributed by atoms with Crippen molar-refractivity contribution in [2.24, 2.45) is 0 Å². The van der Waals surface area contributed by atoms with Gasteiger partial charge >= 0.3 is 0 Å². The van der Waals surface area contributed by atoms with E-state index in [1.165, 1.54) is 106 Å². The Morgan fingerprint density at radius 3 is 1.54 bits per heavy atom. The Balaban J connectivity index is 1.17. The second-order valence-electron chi connectivity index (χ2n) is 12.8. The van der Waals surface area contributed by atoms with Gasteiger partial charge in [0, 0.05) is 40.3 Å². The topological polar surface area (TPSA) is 0 Å². The first-order valence-electron chi connectivity index (χ1n) is 16.4. The number of thiophene rings is 2. The van der Waals surface area contributed by atoms with Crippen LogP contribution in [0.5, 0.6) is 0 Å². The molecule has 9 aromatic carbocycles. The van der Waals surface area contributed by atoms with Gasteiger partial charge in [0.1, 0.15) is 0 Å². The van der Waals surface area contributed by atoms with E-state index in [0.717, 1.165) is 0 Å². The molecule has 0 aliphatic carbocycles. The molecule has 2 heteroatoms. The van der Waals surface area contributed by atoms with Crippen LogP contribution in [-0.2, 0) is 0 Å². The van der Waals surface area contributed by atoms with Crippen molar-refractivity contribution >= 4 is 106 Å². The van der Waals surface area contributed by atoms with Crippen LogP contribution in [0.3, 0.4) is 0 Å². The van der Waals surface area contributed by atoms with E-state index in [-0.39, 0.29) is 0 Å². The van der Waals surface area contributed by atoms with E-state index < -0.39 is 0 Å². The molecule has 0 amide bonds. The van der Waals surface area contributed by atoms with E-state index in [9.17, 15) is 0 Å². The molecule has 0 N–H and O–H groups in total. The molecule has 2 heterocycles. The fourth-order valence-electron chi connectivity index (χ4n) is 8.11. The minimum Gasteiger partial charge on any atom is -0.135 e. The molecular formula is C46H26S2. The van der Waals surface area contributed by atoms with Gasteiger partial charge in [0.05, 0.1) is 0 Å². The summed E-state index contributed by atoms with van der Waals surface area (Å²) in [6.07, 6.45) is 0. The molecule has 0 aliphatic heterocycles. The molecule has 0 radical (unpaired) electrons. The van der Waals surface area contributed by atoms with Gasteiger partial charge in [0.2, 0.25) is 0 Å². The van der Waals surface area contributed by atoms with Crippen LogP contribution in [0, 0.1) is 0 Å². The van der Waals surface area contributed by atoms with Crippen molar-refractivity contribution in [2.45, 2.75) is 0 Å². The largest absolute Gasteiger partial charge is 0.135 e. The highest BCUT2D eigenvalue weighted by atomic mass is 32.1. The van der Waals surface area contributed by atoms with E-state index in [0.29, 0.717) is 0 Å². The molecule has 0 saturated heterocycles. The molecular weight excluding hydrogens is 617 g/mol. The van der Waals surface area contributed by atoms with Crippen LogP contribution < -0.4 is 0 Å². The molecule has 48 heavy (non-hydrogen) atoms. The predicted octanol–water partition coefficient (Wildman–Crippen LogP) is 14.4. The highest BCUT2D eigenvalue weighted by Crippen LogP contribution is 2.49. The lowest BCUT2D eigenvalue weighted by molar-refractivity contribution is 1.69. The predicted molar refractivity (Wildman–Crippen MR) is 213 cm³/mol. The van der Waals surface area contributed by atoms with E-state index in [2.05, 4.69) is 158 Å². The van der Waals surface area contributed by atoms with Crippen LogP contribution in [0.25, 0.3) is 106 Å². The van der Waals surface area contributed by atoms with Crippen molar-refractivity contribution in [1.29, 1.82) is 0 Å². The third-order valence-corrected chi connectivity index (χ3v) is 12.5. The van der Waals surface area contributed by atoms with Crippen LogP contribution in [0.4, 0.5) is 0 Å². The van der Waals surface area contributed by atoms with Crippen LogP contribution in [0.15, 0.2) is 158 Å². The summed E-state index contributed by atoms with van der Waals surface area (Å²) in [5, 5.41) is 15.8. The summed E-state index contributed by atoms with van der Waals surface area (Å²) in [6, 6.07) is 58.7. The molecule has 11 rings (SSSR count). The van der Waals surface area contributed by atoms with Gasteiger partial charge in [0.15, 0.2) is 0 Å². The molecule has 2 aromatic heterocycles. The molecule has 11 aromatic rings. The van der Waals surface area contributed by atoms with Gasteiger partial charge in [-0.3, -0.25) is 0 Å². The summed E-state index contributed by atoms with van der Waals surface area (Å²) in [6.45, 7) is 0. The standard InChI is InChI=1S/C46H26S2/c1-2-11-29-25-30(18-17-27(29)9-1)42-33-13-5-7-15-35(33)43(36-16-8-6-14-34(36)42)31-19-21-37-41(26-31)47-40-24-22-38-44-32-12-4-3-10-28(32)20-23-39(44)48-46(38)45(37)40/h1-26H. The summed E-state index contributed by atoms with van der Waals surface area (Å²) < 4.78 is 5.45. The lowest BCUT2D eigenvalue weighted by Gasteiger charge is -2.18. The molecule has 0 bridgehead atoms. The highest BCUT2D eigenvalue weighted by Gasteiger charge is 2.19. The lowest BCUT2D eigenvalue weighted by atomic mass is 9.85. The van der Waals surface area contributed by atoms with Crippen molar-refractivity contribution in [3.8, 4) is 22.3 Å². The second kappa shape index (κ2) is 9.98. The van der Waals surface area contributed by atoms with Gasteiger partial charge in [-0.1, -0.05) is 133 Å². The lowest BCUT2D eigenvalue weighted by Crippen LogP contribution is -1.90. The minimum absolute atomic E-state index is 1.26. The Bertz CT molecular complexity index is 3060. The molecule has 0 fully saturated rings. The number of fused-ring (bicyclic) bond motifs is 12. The number of benzene rings is 9. The van der Waals surface area contributed by atoms with Gasteiger partial charge in [0.25, 0.3) is 0 Å². The zero-order chi connectivity index (χ0) is 31.3. The number of hydrogen-bond acceptors (Lipinski definition) is 2. The number of hydrogen-bond donors (Lipinski definition) is 0. The van der Waals surface area contributed by atoms with E-state index >= 15 is 0 Å². The van der Waals surface area contributed by atoms with Crippen LogP contribution in [0.1, 0.15) is 0 Å². The fraction of sp³-hybridized carbons (Fsp3) is 0. The Morgan fingerprint density at radius 1 is 0.292 bits per heavy atom. The van der Waals surface area contributed by atoms with Crippen molar-refractivity contribution < 1.29 is 0 Å². The third-order valence-electron chi connectivity index (χ3n) is 10.2. The van der Waals surface area contributed by atoms with Gasteiger partial charge in [-0.2, -0.15) is 0 Å². The molecule has 0 spiro atoms.